The second kappa shape index (κ2) is 4.89. The monoisotopic (exact) mass is 231 g/mol. The fraction of sp³-hybridized carbons (Fsp3) is 0.300. The Labute approximate surface area is 91.3 Å². The number of carbonyl (C=O) groups is 1. The van der Waals surface area contributed by atoms with E-state index in [9.17, 15) is 13.6 Å². The van der Waals surface area contributed by atoms with Crippen LogP contribution in [-0.2, 0) is 4.84 Å². The third kappa shape index (κ3) is 2.27. The molecule has 0 heterocycles. The first-order chi connectivity index (χ1) is 7.51. The minimum absolute atomic E-state index is 0.0555. The molecule has 0 aromatic heterocycles. The number of amides is 1. The fourth-order valence-corrected chi connectivity index (χ4v) is 1.10. The molecule has 1 aromatic carbocycles. The van der Waals surface area contributed by atoms with E-state index >= 15 is 0 Å². The normalized spacial score (nSPS) is 10.1. The van der Waals surface area contributed by atoms with E-state index in [2.05, 4.69) is 9.57 Å². The number of nitrogens with zero attached hydrogens (tertiary/aromatic N) is 1. The quantitative estimate of drug-likeness (QED) is 0.742. The highest BCUT2D eigenvalue weighted by atomic mass is 19.2. The van der Waals surface area contributed by atoms with E-state index in [-0.39, 0.29) is 11.3 Å². The van der Waals surface area contributed by atoms with Gasteiger partial charge in [0.15, 0.2) is 11.6 Å². The van der Waals surface area contributed by atoms with Crippen LogP contribution in [0.3, 0.4) is 0 Å². The van der Waals surface area contributed by atoms with Gasteiger partial charge in [-0.05, 0) is 12.1 Å². The van der Waals surface area contributed by atoms with E-state index in [4.69, 9.17) is 0 Å². The zero-order valence-corrected chi connectivity index (χ0v) is 9.08. The van der Waals surface area contributed by atoms with Gasteiger partial charge in [-0.2, -0.15) is 4.39 Å². The molecule has 16 heavy (non-hydrogen) atoms. The molecule has 0 radical (unpaired) electrons. The highest BCUT2D eigenvalue weighted by molar-refractivity contribution is 5.93. The Morgan fingerprint density at radius 2 is 1.94 bits per heavy atom. The lowest BCUT2D eigenvalue weighted by Crippen LogP contribution is -2.25. The Morgan fingerprint density at radius 3 is 2.44 bits per heavy atom. The van der Waals surface area contributed by atoms with E-state index in [1.165, 1.54) is 21.3 Å². The zero-order chi connectivity index (χ0) is 12.3. The second-order valence-corrected chi connectivity index (χ2v) is 2.96. The van der Waals surface area contributed by atoms with Crippen LogP contribution >= 0.6 is 0 Å². The molecule has 0 saturated carbocycles. The van der Waals surface area contributed by atoms with Crippen molar-refractivity contribution in [1.82, 2.24) is 5.06 Å². The fourth-order valence-electron chi connectivity index (χ4n) is 1.10. The van der Waals surface area contributed by atoms with Gasteiger partial charge < -0.3 is 4.74 Å². The van der Waals surface area contributed by atoms with Crippen molar-refractivity contribution in [2.75, 3.05) is 21.3 Å². The average Bonchev–Trinajstić information content (AvgIpc) is 2.30. The smallest absolute Gasteiger partial charge is 0.277 e. The topological polar surface area (TPSA) is 38.8 Å². The Balaban J connectivity index is 3.16. The van der Waals surface area contributed by atoms with Crippen LogP contribution in [0.4, 0.5) is 8.78 Å². The third-order valence-corrected chi connectivity index (χ3v) is 2.02. The lowest BCUT2D eigenvalue weighted by atomic mass is 10.2. The molecule has 0 fully saturated rings. The molecule has 1 amide bonds. The van der Waals surface area contributed by atoms with Gasteiger partial charge in [-0.1, -0.05) is 0 Å². The molecule has 0 atom stereocenters. The number of hydroxylamine groups is 2. The van der Waals surface area contributed by atoms with E-state index in [1.54, 1.807) is 0 Å². The minimum Gasteiger partial charge on any atom is -0.494 e. The van der Waals surface area contributed by atoms with E-state index in [1.807, 2.05) is 0 Å². The molecule has 6 heteroatoms. The Bertz CT molecular complexity index is 409. The molecular formula is C10H11F2NO3. The number of carbonyl (C=O) groups excluding carboxylic acids is 1. The standard InChI is InChI=1S/C10H11F2NO3/c1-13(16-3)10(14)6-4-7(11)9(12)8(5-6)15-2/h4-5H,1-3H3. The first-order valence-electron chi connectivity index (χ1n) is 4.36. The SMILES string of the molecule is COc1cc(C(=O)N(C)OC)cc(F)c1F. The average molecular weight is 231 g/mol. The van der Waals surface area contributed by atoms with Crippen LogP contribution in [-0.4, -0.2) is 32.2 Å². The van der Waals surface area contributed by atoms with Crippen LogP contribution in [0, 0.1) is 11.6 Å². The lowest BCUT2D eigenvalue weighted by Gasteiger charge is -2.14. The molecule has 0 N–H and O–H groups in total. The van der Waals surface area contributed by atoms with Crippen LogP contribution in [0.15, 0.2) is 12.1 Å². The van der Waals surface area contributed by atoms with Gasteiger partial charge in [0.2, 0.25) is 5.82 Å². The number of halogens is 2. The predicted octanol–water partition coefficient (Wildman–Crippen LogP) is 1.61. The van der Waals surface area contributed by atoms with Gasteiger partial charge in [0.25, 0.3) is 5.91 Å². The molecule has 0 aliphatic carbocycles. The molecule has 1 aromatic rings. The molecule has 0 aliphatic rings. The van der Waals surface area contributed by atoms with Crippen molar-refractivity contribution in [2.24, 2.45) is 0 Å². The van der Waals surface area contributed by atoms with Crippen LogP contribution in [0.5, 0.6) is 5.75 Å². The summed E-state index contributed by atoms with van der Waals surface area (Å²) >= 11 is 0. The van der Waals surface area contributed by atoms with E-state index < -0.39 is 17.5 Å². The molecule has 4 nitrogen and oxygen atoms in total. The summed E-state index contributed by atoms with van der Waals surface area (Å²) in [5.74, 6) is -3.20. The summed E-state index contributed by atoms with van der Waals surface area (Å²) < 4.78 is 30.8. The Hall–Kier alpha value is -1.69. The van der Waals surface area contributed by atoms with Gasteiger partial charge in [-0.15, -0.1) is 0 Å². The number of methoxy groups -OCH3 is 1. The number of hydrogen-bond donors (Lipinski definition) is 0. The highest BCUT2D eigenvalue weighted by Gasteiger charge is 2.18. The van der Waals surface area contributed by atoms with Gasteiger partial charge in [-0.25, -0.2) is 9.45 Å². The summed E-state index contributed by atoms with van der Waals surface area (Å²) in [5.41, 5.74) is -0.0555. The molecule has 1 rings (SSSR count). The maximum Gasteiger partial charge on any atom is 0.277 e. The van der Waals surface area contributed by atoms with Crippen LogP contribution in [0.1, 0.15) is 10.4 Å². The number of ether oxygens (including phenoxy) is 1. The molecule has 0 saturated heterocycles. The molecular weight excluding hydrogens is 220 g/mol. The number of hydrogen-bond acceptors (Lipinski definition) is 3. The maximum absolute atomic E-state index is 13.1. The van der Waals surface area contributed by atoms with Crippen molar-refractivity contribution in [2.45, 2.75) is 0 Å². The largest absolute Gasteiger partial charge is 0.494 e. The van der Waals surface area contributed by atoms with Gasteiger partial charge in [-0.3, -0.25) is 9.63 Å². The van der Waals surface area contributed by atoms with Crippen molar-refractivity contribution in [3.63, 3.8) is 0 Å². The van der Waals surface area contributed by atoms with Crippen molar-refractivity contribution in [3.05, 3.63) is 29.3 Å². The van der Waals surface area contributed by atoms with E-state index in [0.717, 1.165) is 17.2 Å². The minimum atomic E-state index is -1.15. The summed E-state index contributed by atoms with van der Waals surface area (Å²) in [6.07, 6.45) is 0. The Kier molecular flexibility index (Phi) is 3.78. The second-order valence-electron chi connectivity index (χ2n) is 2.96. The molecule has 0 unspecified atom stereocenters. The highest BCUT2D eigenvalue weighted by Crippen LogP contribution is 2.22. The van der Waals surface area contributed by atoms with Crippen LogP contribution in [0.2, 0.25) is 0 Å². The van der Waals surface area contributed by atoms with Crippen LogP contribution in [0.25, 0.3) is 0 Å². The first-order valence-corrected chi connectivity index (χ1v) is 4.36. The lowest BCUT2D eigenvalue weighted by molar-refractivity contribution is -0.0757. The molecule has 0 bridgehead atoms. The Morgan fingerprint density at radius 1 is 1.31 bits per heavy atom. The zero-order valence-electron chi connectivity index (χ0n) is 9.08. The van der Waals surface area contributed by atoms with Crippen molar-refractivity contribution >= 4 is 5.91 Å². The molecule has 0 spiro atoms. The molecule has 88 valence electrons. The van der Waals surface area contributed by atoms with Gasteiger partial charge >= 0.3 is 0 Å². The van der Waals surface area contributed by atoms with Crippen molar-refractivity contribution < 1.29 is 23.1 Å². The number of benzene rings is 1. The predicted molar refractivity (Wildman–Crippen MR) is 52.0 cm³/mol. The molecule has 0 aliphatic heterocycles. The van der Waals surface area contributed by atoms with Gasteiger partial charge in [0.05, 0.1) is 14.2 Å². The van der Waals surface area contributed by atoms with E-state index in [0.29, 0.717) is 0 Å². The number of rotatable bonds is 3. The first kappa shape index (κ1) is 12.4. The summed E-state index contributed by atoms with van der Waals surface area (Å²) in [4.78, 5) is 16.2. The van der Waals surface area contributed by atoms with Gasteiger partial charge in [0, 0.05) is 12.6 Å². The van der Waals surface area contributed by atoms with Crippen LogP contribution < -0.4 is 4.74 Å². The summed E-state index contributed by atoms with van der Waals surface area (Å²) in [6, 6.07) is 1.89. The van der Waals surface area contributed by atoms with Gasteiger partial charge in [0.1, 0.15) is 0 Å². The summed E-state index contributed by atoms with van der Waals surface area (Å²) in [7, 11) is 3.83. The summed E-state index contributed by atoms with van der Waals surface area (Å²) in [6.45, 7) is 0. The van der Waals surface area contributed by atoms with Crippen molar-refractivity contribution in [3.8, 4) is 5.75 Å². The maximum atomic E-state index is 13.1. The van der Waals surface area contributed by atoms with Crippen molar-refractivity contribution in [1.29, 1.82) is 0 Å². The third-order valence-electron chi connectivity index (χ3n) is 2.02. The summed E-state index contributed by atoms with van der Waals surface area (Å²) in [5, 5.41) is 0.895.